The van der Waals surface area contributed by atoms with E-state index in [1.807, 2.05) is 24.4 Å². The van der Waals surface area contributed by atoms with E-state index in [2.05, 4.69) is 42.9 Å². The van der Waals surface area contributed by atoms with Gasteiger partial charge >= 0.3 is 0 Å². The summed E-state index contributed by atoms with van der Waals surface area (Å²) in [5, 5.41) is 23.9. The summed E-state index contributed by atoms with van der Waals surface area (Å²) in [5.41, 5.74) is 1.51. The van der Waals surface area contributed by atoms with Crippen molar-refractivity contribution in [2.24, 2.45) is 5.41 Å². The highest BCUT2D eigenvalue weighted by molar-refractivity contribution is 5.98. The molecule has 2 fully saturated rings. The predicted molar refractivity (Wildman–Crippen MR) is 137 cm³/mol. The summed E-state index contributed by atoms with van der Waals surface area (Å²) < 4.78 is 1.69. The van der Waals surface area contributed by atoms with Gasteiger partial charge in [-0.1, -0.05) is 19.4 Å². The second-order valence-electron chi connectivity index (χ2n) is 9.89. The second-order valence-corrected chi connectivity index (χ2v) is 9.89. The fourth-order valence-corrected chi connectivity index (χ4v) is 4.91. The average Bonchev–Trinajstić information content (AvgIpc) is 3.27. The summed E-state index contributed by atoms with van der Waals surface area (Å²) in [7, 11) is 0. The fourth-order valence-electron chi connectivity index (χ4n) is 4.91. The van der Waals surface area contributed by atoms with Gasteiger partial charge in [0.2, 0.25) is 5.95 Å². The Morgan fingerprint density at radius 2 is 2.08 bits per heavy atom. The molecule has 2 aliphatic carbocycles. The van der Waals surface area contributed by atoms with Gasteiger partial charge in [0.15, 0.2) is 5.82 Å². The predicted octanol–water partition coefficient (Wildman–Crippen LogP) is 3.30. The Balaban J connectivity index is 1.26. The van der Waals surface area contributed by atoms with Crippen LogP contribution in [0.15, 0.2) is 43.0 Å². The lowest BCUT2D eigenvalue weighted by Crippen LogP contribution is -2.27. The van der Waals surface area contributed by atoms with Crippen LogP contribution in [0.4, 0.5) is 11.8 Å². The Labute approximate surface area is 211 Å². The van der Waals surface area contributed by atoms with E-state index in [1.165, 1.54) is 0 Å². The van der Waals surface area contributed by atoms with Gasteiger partial charge in [-0.05, 0) is 61.6 Å². The van der Waals surface area contributed by atoms with Crippen LogP contribution in [0.2, 0.25) is 0 Å². The third kappa shape index (κ3) is 5.48. The van der Waals surface area contributed by atoms with E-state index >= 15 is 0 Å². The van der Waals surface area contributed by atoms with Crippen molar-refractivity contribution in [2.45, 2.75) is 70.6 Å². The monoisotopic (exact) mass is 490 g/mol. The van der Waals surface area contributed by atoms with Crippen LogP contribution in [0.25, 0.3) is 5.82 Å². The lowest BCUT2D eigenvalue weighted by atomic mass is 9.84. The first-order valence-electron chi connectivity index (χ1n) is 12.8. The van der Waals surface area contributed by atoms with E-state index in [9.17, 15) is 9.90 Å². The number of carbonyl (C=O) groups excluding carboxylic acids is 1. The molecular weight excluding hydrogens is 456 g/mol. The van der Waals surface area contributed by atoms with Gasteiger partial charge in [-0.2, -0.15) is 10.1 Å². The van der Waals surface area contributed by atoms with Gasteiger partial charge in [-0.25, -0.2) is 14.6 Å². The van der Waals surface area contributed by atoms with E-state index in [4.69, 9.17) is 0 Å². The maximum absolute atomic E-state index is 13.2. The quantitative estimate of drug-likeness (QED) is 0.319. The average molecular weight is 491 g/mol. The molecule has 3 heterocycles. The van der Waals surface area contributed by atoms with Crippen molar-refractivity contribution in [1.82, 2.24) is 30.0 Å². The molecule has 5 rings (SSSR count). The Morgan fingerprint density at radius 3 is 2.81 bits per heavy atom. The number of unbranched alkanes of at least 4 members (excludes halogenated alkanes) is 1. The number of aliphatic hydroxyl groups excluding tert-OH is 1. The lowest BCUT2D eigenvalue weighted by Gasteiger charge is -2.26. The molecule has 10 heteroatoms. The van der Waals surface area contributed by atoms with Crippen LogP contribution in [0, 0.1) is 5.41 Å². The van der Waals surface area contributed by atoms with Crippen molar-refractivity contribution in [3.05, 3.63) is 54.1 Å². The van der Waals surface area contributed by atoms with Crippen LogP contribution in [0.1, 0.15) is 67.8 Å². The zero-order valence-corrected chi connectivity index (χ0v) is 20.7. The molecular formula is C26H34N8O2. The summed E-state index contributed by atoms with van der Waals surface area (Å²) >= 11 is 0. The normalized spacial score (nSPS) is 22.8. The molecule has 2 saturated carbocycles. The van der Waals surface area contributed by atoms with Crippen molar-refractivity contribution in [1.29, 1.82) is 0 Å². The van der Waals surface area contributed by atoms with Crippen molar-refractivity contribution in [2.75, 3.05) is 17.2 Å². The Hall–Kier alpha value is -3.53. The number of anilines is 2. The third-order valence-corrected chi connectivity index (χ3v) is 7.30. The summed E-state index contributed by atoms with van der Waals surface area (Å²) in [6, 6.07) is 5.89. The molecule has 0 radical (unpaired) electrons. The molecule has 36 heavy (non-hydrogen) atoms. The number of hydrogen-bond donors (Lipinski definition) is 4. The first-order valence-corrected chi connectivity index (χ1v) is 12.8. The number of carbonyl (C=O) groups is 1. The molecule has 1 spiro atoms. The van der Waals surface area contributed by atoms with Gasteiger partial charge < -0.3 is 21.1 Å². The van der Waals surface area contributed by atoms with Crippen molar-refractivity contribution < 1.29 is 9.90 Å². The SMILES string of the molecule is CCCCNc1ncc(C(=O)NCc2ccc(-n3cccn3)nc2)c(NC2CC23CCC(O)CC3)n1. The van der Waals surface area contributed by atoms with E-state index in [0.29, 0.717) is 23.9 Å². The zero-order chi connectivity index (χ0) is 25.0. The molecule has 0 bridgehead atoms. The van der Waals surface area contributed by atoms with E-state index < -0.39 is 0 Å². The number of amides is 1. The van der Waals surface area contributed by atoms with Crippen LogP contribution in [0.5, 0.6) is 0 Å². The van der Waals surface area contributed by atoms with Crippen molar-refractivity contribution in [3.63, 3.8) is 0 Å². The second kappa shape index (κ2) is 10.6. The van der Waals surface area contributed by atoms with Gasteiger partial charge in [0.1, 0.15) is 11.4 Å². The maximum Gasteiger partial charge on any atom is 0.256 e. The number of aliphatic hydroxyl groups is 1. The number of pyridine rings is 1. The van der Waals surface area contributed by atoms with Gasteiger partial charge in [-0.15, -0.1) is 0 Å². The summed E-state index contributed by atoms with van der Waals surface area (Å²) in [4.78, 5) is 26.6. The van der Waals surface area contributed by atoms with Gasteiger partial charge in [0.05, 0.1) is 6.10 Å². The van der Waals surface area contributed by atoms with Crippen molar-refractivity contribution in [3.8, 4) is 5.82 Å². The number of nitrogens with zero attached hydrogens (tertiary/aromatic N) is 5. The highest BCUT2D eigenvalue weighted by Crippen LogP contribution is 2.57. The summed E-state index contributed by atoms with van der Waals surface area (Å²) in [6.45, 7) is 3.26. The van der Waals surface area contributed by atoms with E-state index in [1.54, 1.807) is 23.3 Å². The van der Waals surface area contributed by atoms with Gasteiger partial charge in [0.25, 0.3) is 5.91 Å². The van der Waals surface area contributed by atoms with Crippen LogP contribution in [-0.2, 0) is 6.54 Å². The first kappa shape index (κ1) is 24.2. The zero-order valence-electron chi connectivity index (χ0n) is 20.7. The molecule has 0 aromatic carbocycles. The molecule has 1 unspecified atom stereocenters. The molecule has 1 amide bonds. The molecule has 3 aromatic rings. The Kier molecular flexibility index (Phi) is 7.13. The highest BCUT2D eigenvalue weighted by atomic mass is 16.3. The van der Waals surface area contributed by atoms with Crippen LogP contribution >= 0.6 is 0 Å². The van der Waals surface area contributed by atoms with Crippen LogP contribution in [-0.4, -0.2) is 54.4 Å². The maximum atomic E-state index is 13.2. The summed E-state index contributed by atoms with van der Waals surface area (Å²) in [6.07, 6.45) is 13.5. The molecule has 190 valence electrons. The molecule has 10 nitrogen and oxygen atoms in total. The van der Waals surface area contributed by atoms with Crippen LogP contribution in [0.3, 0.4) is 0 Å². The molecule has 1 atom stereocenters. The topological polar surface area (TPSA) is 130 Å². The molecule has 0 saturated heterocycles. The van der Waals surface area contributed by atoms with Crippen LogP contribution < -0.4 is 16.0 Å². The van der Waals surface area contributed by atoms with Gasteiger partial charge in [-0.3, -0.25) is 4.79 Å². The Bertz CT molecular complexity index is 1160. The fraction of sp³-hybridized carbons (Fsp3) is 0.500. The highest BCUT2D eigenvalue weighted by Gasteiger charge is 2.55. The standard InChI is InChI=1S/C26H34N8O2/c1-2-3-11-27-25-30-17-20(23(33-25)32-21-14-26(21)9-7-19(35)8-10-26)24(36)29-16-18-5-6-22(28-15-18)34-13-4-12-31-34/h4-6,12-13,15,17,19,21,35H,2-3,7-11,14,16H2,1H3,(H,29,36)(H2,27,30,32,33). The summed E-state index contributed by atoms with van der Waals surface area (Å²) in [5.74, 6) is 1.56. The molecule has 2 aliphatic rings. The smallest absolute Gasteiger partial charge is 0.256 e. The lowest BCUT2D eigenvalue weighted by molar-refractivity contribution is 0.0951. The van der Waals surface area contributed by atoms with E-state index in [-0.39, 0.29) is 23.5 Å². The number of nitrogens with one attached hydrogen (secondary N) is 3. The minimum atomic E-state index is -0.234. The minimum absolute atomic E-state index is 0.185. The number of aromatic nitrogens is 5. The minimum Gasteiger partial charge on any atom is -0.393 e. The molecule has 3 aromatic heterocycles. The number of hydrogen-bond acceptors (Lipinski definition) is 8. The van der Waals surface area contributed by atoms with Crippen molar-refractivity contribution >= 4 is 17.7 Å². The largest absolute Gasteiger partial charge is 0.393 e. The van der Waals surface area contributed by atoms with E-state index in [0.717, 1.165) is 62.9 Å². The Morgan fingerprint density at radius 1 is 1.22 bits per heavy atom. The molecule has 0 aliphatic heterocycles. The number of rotatable bonds is 10. The van der Waals surface area contributed by atoms with Gasteiger partial charge in [0, 0.05) is 43.9 Å². The third-order valence-electron chi connectivity index (χ3n) is 7.30. The first-order chi connectivity index (χ1) is 17.6. The molecule has 4 N–H and O–H groups in total.